The van der Waals surface area contributed by atoms with Gasteiger partial charge in [0.15, 0.2) is 0 Å². The van der Waals surface area contributed by atoms with Crippen LogP contribution in [0.25, 0.3) is 0 Å². The smallest absolute Gasteiger partial charge is 0.149 e. The molecule has 3 rings (SSSR count). The Kier molecular flexibility index (Phi) is 2.98. The van der Waals surface area contributed by atoms with Crippen LogP contribution in [0.15, 0.2) is 12.1 Å². The van der Waals surface area contributed by atoms with Crippen LogP contribution in [0.3, 0.4) is 0 Å². The standard InChI is InChI=1S/C14H18F2N2/c15-12-6-9(8-17)7-13(16)14(12)18-10-2-1-3-11(18)5-4-10/h6-7,10-11H,1-5,8,17H2. The lowest BCUT2D eigenvalue weighted by molar-refractivity contribution is 0.449. The van der Waals surface area contributed by atoms with Crippen molar-refractivity contribution in [1.82, 2.24) is 0 Å². The van der Waals surface area contributed by atoms with Crippen LogP contribution < -0.4 is 10.6 Å². The highest BCUT2D eigenvalue weighted by atomic mass is 19.1. The Morgan fingerprint density at radius 1 is 1.06 bits per heavy atom. The molecule has 1 aromatic rings. The van der Waals surface area contributed by atoms with Crippen LogP contribution in [0, 0.1) is 11.6 Å². The molecule has 98 valence electrons. The van der Waals surface area contributed by atoms with E-state index in [1.165, 1.54) is 18.6 Å². The fraction of sp³-hybridized carbons (Fsp3) is 0.571. The van der Waals surface area contributed by atoms with Gasteiger partial charge in [-0.15, -0.1) is 0 Å². The van der Waals surface area contributed by atoms with E-state index in [9.17, 15) is 8.78 Å². The first-order valence-corrected chi connectivity index (χ1v) is 6.67. The van der Waals surface area contributed by atoms with Crippen LogP contribution in [0.5, 0.6) is 0 Å². The predicted octanol–water partition coefficient (Wildman–Crippen LogP) is 2.94. The molecule has 2 N–H and O–H groups in total. The summed E-state index contributed by atoms with van der Waals surface area (Å²) in [5.41, 5.74) is 6.11. The highest BCUT2D eigenvalue weighted by Gasteiger charge is 2.39. The Morgan fingerprint density at radius 2 is 1.61 bits per heavy atom. The van der Waals surface area contributed by atoms with Crippen molar-refractivity contribution in [2.24, 2.45) is 5.73 Å². The summed E-state index contributed by atoms with van der Waals surface area (Å²) in [6, 6.07) is 3.37. The van der Waals surface area contributed by atoms with Crippen molar-refractivity contribution in [3.63, 3.8) is 0 Å². The summed E-state index contributed by atoms with van der Waals surface area (Å²) < 4.78 is 28.2. The third-order valence-electron chi connectivity index (χ3n) is 4.27. The molecule has 2 bridgehead atoms. The van der Waals surface area contributed by atoms with E-state index < -0.39 is 11.6 Å². The monoisotopic (exact) mass is 252 g/mol. The summed E-state index contributed by atoms with van der Waals surface area (Å²) in [5, 5.41) is 0. The lowest BCUT2D eigenvalue weighted by atomic mass is 10.0. The number of piperidine rings is 1. The van der Waals surface area contributed by atoms with Crippen molar-refractivity contribution < 1.29 is 8.78 Å². The number of nitrogens with zero attached hydrogens (tertiary/aromatic N) is 1. The third kappa shape index (κ3) is 1.79. The molecule has 2 aliphatic heterocycles. The number of rotatable bonds is 2. The van der Waals surface area contributed by atoms with Crippen LogP contribution in [-0.2, 0) is 6.54 Å². The van der Waals surface area contributed by atoms with Gasteiger partial charge in [0.25, 0.3) is 0 Å². The second-order valence-electron chi connectivity index (χ2n) is 5.34. The van der Waals surface area contributed by atoms with Crippen LogP contribution in [0.2, 0.25) is 0 Å². The van der Waals surface area contributed by atoms with Crippen molar-refractivity contribution in [3.05, 3.63) is 29.3 Å². The van der Waals surface area contributed by atoms with Crippen molar-refractivity contribution in [3.8, 4) is 0 Å². The van der Waals surface area contributed by atoms with Crippen LogP contribution in [0.4, 0.5) is 14.5 Å². The first-order valence-electron chi connectivity index (χ1n) is 6.67. The number of anilines is 1. The van der Waals surface area contributed by atoms with E-state index >= 15 is 0 Å². The molecule has 18 heavy (non-hydrogen) atoms. The number of hydrogen-bond donors (Lipinski definition) is 1. The Balaban J connectivity index is 2.02. The lowest BCUT2D eigenvalue weighted by Gasteiger charge is -2.37. The van der Waals surface area contributed by atoms with Gasteiger partial charge in [-0.25, -0.2) is 8.78 Å². The number of nitrogens with two attached hydrogens (primary N) is 1. The van der Waals surface area contributed by atoms with Crippen molar-refractivity contribution in [2.45, 2.75) is 50.7 Å². The minimum Gasteiger partial charge on any atom is -0.361 e. The van der Waals surface area contributed by atoms with Crippen molar-refractivity contribution in [1.29, 1.82) is 0 Å². The number of fused-ring (bicyclic) bond motifs is 2. The van der Waals surface area contributed by atoms with Gasteiger partial charge in [0.2, 0.25) is 0 Å². The quantitative estimate of drug-likeness (QED) is 0.876. The van der Waals surface area contributed by atoms with Gasteiger partial charge >= 0.3 is 0 Å². The number of hydrogen-bond acceptors (Lipinski definition) is 2. The van der Waals surface area contributed by atoms with Gasteiger partial charge in [0, 0.05) is 18.6 Å². The van der Waals surface area contributed by atoms with Gasteiger partial charge in [0.1, 0.15) is 17.3 Å². The molecule has 2 atom stereocenters. The zero-order valence-corrected chi connectivity index (χ0v) is 10.3. The molecule has 2 heterocycles. The van der Waals surface area contributed by atoms with Crippen LogP contribution >= 0.6 is 0 Å². The van der Waals surface area contributed by atoms with E-state index in [0.717, 1.165) is 25.7 Å². The van der Waals surface area contributed by atoms with Crippen molar-refractivity contribution >= 4 is 5.69 Å². The predicted molar refractivity (Wildman–Crippen MR) is 67.4 cm³/mol. The SMILES string of the molecule is NCc1cc(F)c(N2C3CCCC2CC3)c(F)c1. The molecule has 0 aromatic heterocycles. The minimum absolute atomic E-state index is 0.166. The Morgan fingerprint density at radius 3 is 2.11 bits per heavy atom. The first-order chi connectivity index (χ1) is 8.70. The molecule has 2 saturated heterocycles. The van der Waals surface area contributed by atoms with Gasteiger partial charge in [-0.1, -0.05) is 0 Å². The summed E-state index contributed by atoms with van der Waals surface area (Å²) in [6.45, 7) is 0.168. The third-order valence-corrected chi connectivity index (χ3v) is 4.27. The number of benzene rings is 1. The van der Waals surface area contributed by atoms with Gasteiger partial charge in [0.05, 0.1) is 0 Å². The van der Waals surface area contributed by atoms with E-state index in [2.05, 4.69) is 0 Å². The second-order valence-corrected chi connectivity index (χ2v) is 5.34. The summed E-state index contributed by atoms with van der Waals surface area (Å²) in [5.74, 6) is -0.927. The fourth-order valence-electron chi connectivity index (χ4n) is 3.46. The van der Waals surface area contributed by atoms with Crippen molar-refractivity contribution in [2.75, 3.05) is 4.90 Å². The maximum atomic E-state index is 14.1. The molecular weight excluding hydrogens is 234 g/mol. The van der Waals surface area contributed by atoms with E-state index in [0.29, 0.717) is 17.6 Å². The minimum atomic E-state index is -0.464. The molecule has 2 fully saturated rings. The first kappa shape index (κ1) is 11.9. The van der Waals surface area contributed by atoms with Crippen LogP contribution in [-0.4, -0.2) is 12.1 Å². The Labute approximate surface area is 106 Å². The van der Waals surface area contributed by atoms with Gasteiger partial charge in [-0.3, -0.25) is 0 Å². The lowest BCUT2D eigenvalue weighted by Crippen LogP contribution is -2.40. The van der Waals surface area contributed by atoms with Gasteiger partial charge in [-0.05, 0) is 49.8 Å². The Hall–Kier alpha value is -1.16. The normalized spacial score (nSPS) is 26.7. The molecule has 2 unspecified atom stereocenters. The van der Waals surface area contributed by atoms with E-state index in [1.54, 1.807) is 0 Å². The zero-order valence-electron chi connectivity index (χ0n) is 10.3. The maximum Gasteiger partial charge on any atom is 0.149 e. The molecule has 0 saturated carbocycles. The molecule has 2 aliphatic rings. The summed E-state index contributed by atoms with van der Waals surface area (Å²) in [7, 11) is 0. The molecule has 2 nitrogen and oxygen atoms in total. The van der Waals surface area contributed by atoms with E-state index in [-0.39, 0.29) is 12.2 Å². The Bertz CT molecular complexity index is 422. The molecular formula is C14H18F2N2. The molecule has 0 amide bonds. The largest absolute Gasteiger partial charge is 0.361 e. The van der Waals surface area contributed by atoms with Gasteiger partial charge < -0.3 is 10.6 Å². The maximum absolute atomic E-state index is 14.1. The topological polar surface area (TPSA) is 29.3 Å². The van der Waals surface area contributed by atoms with E-state index in [4.69, 9.17) is 5.73 Å². The average molecular weight is 252 g/mol. The summed E-state index contributed by atoms with van der Waals surface area (Å²) in [4.78, 5) is 1.98. The molecule has 1 aromatic carbocycles. The van der Waals surface area contributed by atoms with Crippen LogP contribution in [0.1, 0.15) is 37.7 Å². The average Bonchev–Trinajstić information content (AvgIpc) is 2.60. The zero-order chi connectivity index (χ0) is 12.7. The van der Waals surface area contributed by atoms with Gasteiger partial charge in [-0.2, -0.15) is 0 Å². The fourth-order valence-corrected chi connectivity index (χ4v) is 3.46. The molecule has 0 radical (unpaired) electrons. The molecule has 4 heteroatoms. The highest BCUT2D eigenvalue weighted by Crippen LogP contribution is 2.41. The highest BCUT2D eigenvalue weighted by molar-refractivity contribution is 5.54. The second kappa shape index (κ2) is 4.50. The summed E-state index contributed by atoms with van der Waals surface area (Å²) in [6.07, 6.45) is 5.39. The molecule has 0 spiro atoms. The van der Waals surface area contributed by atoms with E-state index in [1.807, 2.05) is 4.90 Å². The number of halogens is 2. The summed E-state index contributed by atoms with van der Waals surface area (Å²) >= 11 is 0. The molecule has 0 aliphatic carbocycles.